The van der Waals surface area contributed by atoms with E-state index in [1.165, 1.54) is 0 Å². The summed E-state index contributed by atoms with van der Waals surface area (Å²) < 4.78 is 0. The molecule has 1 unspecified atom stereocenters. The molecule has 0 aromatic heterocycles. The first-order valence-electron chi connectivity index (χ1n) is 7.89. The average molecular weight is 308 g/mol. The maximum absolute atomic E-state index is 12.9. The molecule has 1 fully saturated rings. The minimum absolute atomic E-state index is 0.0814. The monoisotopic (exact) mass is 308 g/mol. The van der Waals surface area contributed by atoms with E-state index in [0.717, 1.165) is 12.8 Å². The van der Waals surface area contributed by atoms with Crippen molar-refractivity contribution in [3.63, 3.8) is 0 Å². The van der Waals surface area contributed by atoms with Crippen LogP contribution >= 0.6 is 0 Å². The summed E-state index contributed by atoms with van der Waals surface area (Å²) in [5, 5.41) is 0. The molecule has 3 rings (SSSR count). The Morgan fingerprint density at radius 1 is 0.913 bits per heavy atom. The highest BCUT2D eigenvalue weighted by Gasteiger charge is 2.38. The Labute approximate surface area is 135 Å². The summed E-state index contributed by atoms with van der Waals surface area (Å²) in [6.45, 7) is 0.560. The van der Waals surface area contributed by atoms with E-state index in [9.17, 15) is 9.59 Å². The highest BCUT2D eigenvalue weighted by atomic mass is 16.2. The Hall–Kier alpha value is -2.46. The summed E-state index contributed by atoms with van der Waals surface area (Å²) in [7, 11) is 0. The minimum Gasteiger partial charge on any atom is -0.327 e. The van der Waals surface area contributed by atoms with Crippen molar-refractivity contribution >= 4 is 11.7 Å². The molecule has 2 atom stereocenters. The number of benzene rings is 2. The molecule has 0 spiro atoms. The van der Waals surface area contributed by atoms with E-state index in [4.69, 9.17) is 5.73 Å². The fourth-order valence-corrected chi connectivity index (χ4v) is 3.11. The second kappa shape index (κ2) is 6.75. The third-order valence-electron chi connectivity index (χ3n) is 4.29. The molecule has 0 radical (unpaired) electrons. The van der Waals surface area contributed by atoms with Crippen molar-refractivity contribution in [3.05, 3.63) is 71.8 Å². The Bertz CT molecular complexity index is 685. The van der Waals surface area contributed by atoms with Crippen molar-refractivity contribution in [2.75, 3.05) is 6.54 Å². The van der Waals surface area contributed by atoms with Gasteiger partial charge in [0, 0.05) is 23.7 Å². The van der Waals surface area contributed by atoms with Crippen LogP contribution in [-0.2, 0) is 0 Å². The van der Waals surface area contributed by atoms with Crippen molar-refractivity contribution in [1.82, 2.24) is 4.90 Å². The molecule has 1 saturated heterocycles. The van der Waals surface area contributed by atoms with Crippen LogP contribution in [0.2, 0.25) is 0 Å². The fraction of sp³-hybridized carbons (Fsp3) is 0.263. The van der Waals surface area contributed by atoms with Gasteiger partial charge in [0.1, 0.15) is 6.04 Å². The Balaban J connectivity index is 1.91. The second-order valence-corrected chi connectivity index (χ2v) is 5.85. The quantitative estimate of drug-likeness (QED) is 0.886. The van der Waals surface area contributed by atoms with E-state index in [0.29, 0.717) is 17.7 Å². The molecular weight excluding hydrogens is 288 g/mol. The van der Waals surface area contributed by atoms with Gasteiger partial charge in [-0.1, -0.05) is 48.5 Å². The fourth-order valence-electron chi connectivity index (χ4n) is 3.11. The third kappa shape index (κ3) is 3.17. The zero-order chi connectivity index (χ0) is 16.2. The molecule has 1 heterocycles. The Kier molecular flexibility index (Phi) is 4.53. The van der Waals surface area contributed by atoms with Crippen LogP contribution in [0.4, 0.5) is 0 Å². The number of ketones is 1. The van der Waals surface area contributed by atoms with Crippen LogP contribution in [0, 0.1) is 0 Å². The number of nitrogens with two attached hydrogens (primary N) is 1. The lowest BCUT2D eigenvalue weighted by molar-refractivity contribution is 0.0514. The van der Waals surface area contributed by atoms with Gasteiger partial charge in [0.25, 0.3) is 5.91 Å². The smallest absolute Gasteiger partial charge is 0.254 e. The third-order valence-corrected chi connectivity index (χ3v) is 4.29. The number of nitrogens with zero attached hydrogens (tertiary/aromatic N) is 1. The lowest BCUT2D eigenvalue weighted by Gasteiger charge is -2.38. The Morgan fingerprint density at radius 2 is 1.48 bits per heavy atom. The normalized spacial score (nSPS) is 21.0. The van der Waals surface area contributed by atoms with Gasteiger partial charge < -0.3 is 10.6 Å². The van der Waals surface area contributed by atoms with Crippen molar-refractivity contribution in [2.24, 2.45) is 5.73 Å². The van der Waals surface area contributed by atoms with Crippen LogP contribution in [0.3, 0.4) is 0 Å². The number of rotatable bonds is 3. The number of amides is 1. The lowest BCUT2D eigenvalue weighted by atomic mass is 9.90. The summed E-state index contributed by atoms with van der Waals surface area (Å²) >= 11 is 0. The molecule has 1 aliphatic heterocycles. The van der Waals surface area contributed by atoms with E-state index in [-0.39, 0.29) is 17.7 Å². The number of hydrogen-bond acceptors (Lipinski definition) is 3. The molecule has 4 nitrogen and oxygen atoms in total. The van der Waals surface area contributed by atoms with Crippen LogP contribution in [0.15, 0.2) is 60.7 Å². The van der Waals surface area contributed by atoms with E-state index >= 15 is 0 Å². The second-order valence-electron chi connectivity index (χ2n) is 5.85. The summed E-state index contributed by atoms with van der Waals surface area (Å²) in [5.41, 5.74) is 7.40. The predicted molar refractivity (Wildman–Crippen MR) is 89.2 cm³/mol. The van der Waals surface area contributed by atoms with Gasteiger partial charge in [-0.25, -0.2) is 0 Å². The molecule has 4 heteroatoms. The molecule has 0 saturated carbocycles. The molecule has 23 heavy (non-hydrogen) atoms. The van der Waals surface area contributed by atoms with Gasteiger partial charge in [-0.3, -0.25) is 9.59 Å². The van der Waals surface area contributed by atoms with E-state index < -0.39 is 6.04 Å². The zero-order valence-corrected chi connectivity index (χ0v) is 12.9. The topological polar surface area (TPSA) is 63.4 Å². The van der Waals surface area contributed by atoms with Crippen LogP contribution in [0.25, 0.3) is 0 Å². The van der Waals surface area contributed by atoms with Crippen LogP contribution < -0.4 is 5.73 Å². The van der Waals surface area contributed by atoms with Crippen LogP contribution in [0.5, 0.6) is 0 Å². The lowest BCUT2D eigenvalue weighted by Crippen LogP contribution is -2.58. The SMILES string of the molecule is NC1CCCN(C(=O)c2ccccc2)[C@H]1C(=O)c1ccccc1. The van der Waals surface area contributed by atoms with Crippen molar-refractivity contribution in [2.45, 2.75) is 24.9 Å². The number of carbonyl (C=O) groups excluding carboxylic acids is 2. The standard InChI is InChI=1S/C19H20N2O2/c20-16-12-7-13-21(19(23)15-10-5-2-6-11-15)17(16)18(22)14-8-3-1-4-9-14/h1-6,8-11,16-17H,7,12-13,20H2/t16?,17-/m1/s1. The molecule has 2 N–H and O–H groups in total. The predicted octanol–water partition coefficient (Wildman–Crippen LogP) is 2.50. The maximum Gasteiger partial charge on any atom is 0.254 e. The molecule has 0 aliphatic carbocycles. The van der Waals surface area contributed by atoms with Gasteiger partial charge in [-0.2, -0.15) is 0 Å². The maximum atomic E-state index is 12.9. The van der Waals surface area contributed by atoms with Gasteiger partial charge in [0.05, 0.1) is 0 Å². The number of likely N-dealkylation sites (tertiary alicyclic amines) is 1. The summed E-state index contributed by atoms with van der Waals surface area (Å²) in [4.78, 5) is 27.3. The molecule has 2 aromatic rings. The van der Waals surface area contributed by atoms with E-state index in [1.807, 2.05) is 36.4 Å². The molecule has 0 bridgehead atoms. The van der Waals surface area contributed by atoms with Gasteiger partial charge >= 0.3 is 0 Å². The van der Waals surface area contributed by atoms with Gasteiger partial charge in [0.2, 0.25) is 0 Å². The van der Waals surface area contributed by atoms with Crippen molar-refractivity contribution < 1.29 is 9.59 Å². The zero-order valence-electron chi connectivity index (χ0n) is 12.9. The highest BCUT2D eigenvalue weighted by molar-refractivity contribution is 6.04. The first kappa shape index (κ1) is 15.4. The molecule has 1 amide bonds. The average Bonchev–Trinajstić information content (AvgIpc) is 2.62. The van der Waals surface area contributed by atoms with Crippen molar-refractivity contribution in [1.29, 1.82) is 0 Å². The molecular formula is C19H20N2O2. The Morgan fingerprint density at radius 3 is 2.09 bits per heavy atom. The summed E-state index contributed by atoms with van der Waals surface area (Å²) in [6, 6.07) is 17.2. The molecule has 1 aliphatic rings. The summed E-state index contributed by atoms with van der Waals surface area (Å²) in [6.07, 6.45) is 1.57. The van der Waals surface area contributed by atoms with E-state index in [1.54, 1.807) is 29.2 Å². The van der Waals surface area contributed by atoms with Gasteiger partial charge in [-0.05, 0) is 25.0 Å². The van der Waals surface area contributed by atoms with Crippen molar-refractivity contribution in [3.8, 4) is 0 Å². The first-order chi connectivity index (χ1) is 11.2. The summed E-state index contributed by atoms with van der Waals surface area (Å²) in [5.74, 6) is -0.211. The number of hydrogen-bond donors (Lipinski definition) is 1. The largest absolute Gasteiger partial charge is 0.327 e. The van der Waals surface area contributed by atoms with Gasteiger partial charge in [-0.15, -0.1) is 0 Å². The number of Topliss-reactive ketones (excluding diaryl/α,β-unsaturated/α-hetero) is 1. The highest BCUT2D eigenvalue weighted by Crippen LogP contribution is 2.22. The molecule has 2 aromatic carbocycles. The van der Waals surface area contributed by atoms with Gasteiger partial charge in [0.15, 0.2) is 5.78 Å². The molecule has 118 valence electrons. The number of piperidine rings is 1. The van der Waals surface area contributed by atoms with Crippen LogP contribution in [0.1, 0.15) is 33.6 Å². The first-order valence-corrected chi connectivity index (χ1v) is 7.89. The van der Waals surface area contributed by atoms with E-state index in [2.05, 4.69) is 0 Å². The van der Waals surface area contributed by atoms with Crippen LogP contribution in [-0.4, -0.2) is 35.2 Å². The number of carbonyl (C=O) groups is 2. The minimum atomic E-state index is -0.598.